The van der Waals surface area contributed by atoms with Gasteiger partial charge < -0.3 is 10.6 Å². The van der Waals surface area contributed by atoms with Crippen molar-refractivity contribution in [2.75, 3.05) is 11.9 Å². The van der Waals surface area contributed by atoms with E-state index in [1.54, 1.807) is 12.1 Å². The summed E-state index contributed by atoms with van der Waals surface area (Å²) in [7, 11) is 0. The van der Waals surface area contributed by atoms with Crippen LogP contribution in [-0.2, 0) is 6.54 Å². The van der Waals surface area contributed by atoms with Gasteiger partial charge in [-0.05, 0) is 30.7 Å². The Bertz CT molecular complexity index is 649. The van der Waals surface area contributed by atoms with Gasteiger partial charge in [0.05, 0.1) is 0 Å². The molecule has 0 aliphatic rings. The van der Waals surface area contributed by atoms with Crippen LogP contribution in [0.2, 0.25) is 5.15 Å². The molecule has 110 valence electrons. The number of halogens is 2. The molecule has 1 amide bonds. The molecule has 0 saturated carbocycles. The second kappa shape index (κ2) is 7.43. The smallest absolute Gasteiger partial charge is 0.251 e. The van der Waals surface area contributed by atoms with E-state index in [1.165, 1.54) is 0 Å². The molecule has 0 atom stereocenters. The van der Waals surface area contributed by atoms with Gasteiger partial charge in [-0.2, -0.15) is 0 Å². The number of hydrogen-bond acceptors (Lipinski definition) is 3. The molecule has 0 aliphatic carbocycles. The molecule has 21 heavy (non-hydrogen) atoms. The Morgan fingerprint density at radius 1 is 1.33 bits per heavy atom. The number of amides is 1. The molecule has 1 heterocycles. The van der Waals surface area contributed by atoms with Crippen LogP contribution in [0.25, 0.3) is 0 Å². The number of nitrogens with one attached hydrogen (secondary N) is 2. The molecular weight excluding hydrogens is 354 g/mol. The minimum Gasteiger partial charge on any atom is -0.370 e. The highest BCUT2D eigenvalue weighted by Crippen LogP contribution is 2.17. The molecule has 0 aliphatic heterocycles. The van der Waals surface area contributed by atoms with Gasteiger partial charge in [-0.1, -0.05) is 45.7 Å². The van der Waals surface area contributed by atoms with Crippen LogP contribution >= 0.6 is 27.5 Å². The highest BCUT2D eigenvalue weighted by Gasteiger charge is 2.09. The molecule has 0 bridgehead atoms. The van der Waals surface area contributed by atoms with Crippen LogP contribution in [0.4, 0.5) is 5.82 Å². The fraction of sp³-hybridized carbons (Fsp3) is 0.200. The van der Waals surface area contributed by atoms with Crippen molar-refractivity contribution in [3.8, 4) is 0 Å². The third-order valence-corrected chi connectivity index (χ3v) is 3.78. The summed E-state index contributed by atoms with van der Waals surface area (Å²) in [6.07, 6.45) is 0. The van der Waals surface area contributed by atoms with Gasteiger partial charge in [-0.3, -0.25) is 4.79 Å². The van der Waals surface area contributed by atoms with Gasteiger partial charge in [-0.25, -0.2) is 4.98 Å². The first kappa shape index (κ1) is 15.8. The van der Waals surface area contributed by atoms with E-state index in [9.17, 15) is 4.79 Å². The zero-order valence-corrected chi connectivity index (χ0v) is 13.8. The molecule has 0 saturated heterocycles. The maximum absolute atomic E-state index is 12.2. The van der Waals surface area contributed by atoms with Crippen molar-refractivity contribution in [1.29, 1.82) is 0 Å². The average Bonchev–Trinajstić information content (AvgIpc) is 2.46. The Kier molecular flexibility index (Phi) is 5.59. The zero-order chi connectivity index (χ0) is 15.2. The quantitative estimate of drug-likeness (QED) is 0.788. The Labute approximate surface area is 137 Å². The summed E-state index contributed by atoms with van der Waals surface area (Å²) in [6.45, 7) is 3.11. The van der Waals surface area contributed by atoms with Gasteiger partial charge in [0, 0.05) is 23.1 Å². The summed E-state index contributed by atoms with van der Waals surface area (Å²) in [5.74, 6) is 0.408. The lowest BCUT2D eigenvalue weighted by Crippen LogP contribution is -2.23. The molecule has 2 aromatic rings. The minimum atomic E-state index is -0.186. The monoisotopic (exact) mass is 367 g/mol. The Morgan fingerprint density at radius 3 is 2.81 bits per heavy atom. The molecule has 0 radical (unpaired) electrons. The lowest BCUT2D eigenvalue weighted by atomic mass is 10.2. The number of carbonyl (C=O) groups is 1. The normalized spacial score (nSPS) is 10.2. The van der Waals surface area contributed by atoms with E-state index in [0.717, 1.165) is 10.0 Å². The van der Waals surface area contributed by atoms with Crippen LogP contribution in [0.5, 0.6) is 0 Å². The largest absolute Gasteiger partial charge is 0.370 e. The summed E-state index contributed by atoms with van der Waals surface area (Å²) < 4.78 is 0.964. The van der Waals surface area contributed by atoms with Crippen molar-refractivity contribution in [2.24, 2.45) is 0 Å². The van der Waals surface area contributed by atoms with Crippen LogP contribution in [0, 0.1) is 0 Å². The lowest BCUT2D eigenvalue weighted by molar-refractivity contribution is 0.0951. The Balaban J connectivity index is 2.08. The van der Waals surface area contributed by atoms with Crippen LogP contribution in [0.3, 0.4) is 0 Å². The van der Waals surface area contributed by atoms with Crippen molar-refractivity contribution >= 4 is 39.3 Å². The molecule has 4 nitrogen and oxygen atoms in total. The molecular formula is C15H15BrClN3O. The van der Waals surface area contributed by atoms with E-state index in [-0.39, 0.29) is 5.91 Å². The minimum absolute atomic E-state index is 0.186. The first-order valence-electron chi connectivity index (χ1n) is 6.53. The summed E-state index contributed by atoms with van der Waals surface area (Å²) in [6, 6.07) is 11.0. The second-order valence-electron chi connectivity index (χ2n) is 4.37. The van der Waals surface area contributed by atoms with Crippen LogP contribution < -0.4 is 10.6 Å². The number of carbonyl (C=O) groups excluding carboxylic acids is 1. The number of benzene rings is 1. The van der Waals surface area contributed by atoms with Gasteiger partial charge >= 0.3 is 0 Å². The first-order chi connectivity index (χ1) is 10.1. The molecule has 0 spiro atoms. The highest BCUT2D eigenvalue weighted by molar-refractivity contribution is 9.10. The third kappa shape index (κ3) is 4.44. The van der Waals surface area contributed by atoms with Crippen LogP contribution in [0.15, 0.2) is 40.9 Å². The molecule has 1 aromatic heterocycles. The average molecular weight is 369 g/mol. The molecule has 6 heteroatoms. The standard InChI is InChI=1S/C15H15BrClN3O/c1-2-18-14-8-11(7-13(17)20-14)15(21)19-9-10-5-3-4-6-12(10)16/h3-8H,2,9H2,1H3,(H,18,20)(H,19,21). The van der Waals surface area contributed by atoms with E-state index in [4.69, 9.17) is 11.6 Å². The fourth-order valence-electron chi connectivity index (χ4n) is 1.82. The number of anilines is 1. The van der Waals surface area contributed by atoms with Crippen LogP contribution in [0.1, 0.15) is 22.8 Å². The van der Waals surface area contributed by atoms with Crippen LogP contribution in [-0.4, -0.2) is 17.4 Å². The first-order valence-corrected chi connectivity index (χ1v) is 7.70. The van der Waals surface area contributed by atoms with E-state index < -0.39 is 0 Å². The SMILES string of the molecule is CCNc1cc(C(=O)NCc2ccccc2Br)cc(Cl)n1. The predicted molar refractivity (Wildman–Crippen MR) is 88.7 cm³/mol. The lowest BCUT2D eigenvalue weighted by Gasteiger charge is -2.09. The maximum atomic E-state index is 12.2. The van der Waals surface area contributed by atoms with Crippen molar-refractivity contribution < 1.29 is 4.79 Å². The van der Waals surface area contributed by atoms with E-state index in [1.807, 2.05) is 31.2 Å². The predicted octanol–water partition coefficient (Wildman–Crippen LogP) is 3.86. The summed E-state index contributed by atoms with van der Waals surface area (Å²) in [4.78, 5) is 16.3. The Hall–Kier alpha value is -1.59. The van der Waals surface area contributed by atoms with Crippen molar-refractivity contribution in [2.45, 2.75) is 13.5 Å². The third-order valence-electron chi connectivity index (χ3n) is 2.81. The topological polar surface area (TPSA) is 54.0 Å². The Morgan fingerprint density at radius 2 is 2.10 bits per heavy atom. The summed E-state index contributed by atoms with van der Waals surface area (Å²) >= 11 is 9.39. The maximum Gasteiger partial charge on any atom is 0.251 e. The van der Waals surface area contributed by atoms with Gasteiger partial charge in [0.15, 0.2) is 0 Å². The number of aromatic nitrogens is 1. The van der Waals surface area contributed by atoms with E-state index in [2.05, 4.69) is 31.5 Å². The molecule has 2 N–H and O–H groups in total. The second-order valence-corrected chi connectivity index (χ2v) is 5.61. The molecule has 0 unspecified atom stereocenters. The number of rotatable bonds is 5. The number of pyridine rings is 1. The number of nitrogens with zero attached hydrogens (tertiary/aromatic N) is 1. The van der Waals surface area contributed by atoms with Gasteiger partial charge in [0.1, 0.15) is 11.0 Å². The van der Waals surface area contributed by atoms with E-state index >= 15 is 0 Å². The zero-order valence-electron chi connectivity index (χ0n) is 11.5. The van der Waals surface area contributed by atoms with E-state index in [0.29, 0.717) is 29.6 Å². The number of hydrogen-bond donors (Lipinski definition) is 2. The van der Waals surface area contributed by atoms with Crippen molar-refractivity contribution in [3.63, 3.8) is 0 Å². The molecule has 0 fully saturated rings. The molecule has 2 rings (SSSR count). The van der Waals surface area contributed by atoms with Crippen molar-refractivity contribution in [3.05, 3.63) is 57.2 Å². The van der Waals surface area contributed by atoms with Gasteiger partial charge in [-0.15, -0.1) is 0 Å². The summed E-state index contributed by atoms with van der Waals surface area (Å²) in [5, 5.41) is 6.20. The van der Waals surface area contributed by atoms with Gasteiger partial charge in [0.2, 0.25) is 0 Å². The fourth-order valence-corrected chi connectivity index (χ4v) is 2.45. The van der Waals surface area contributed by atoms with Crippen molar-refractivity contribution in [1.82, 2.24) is 10.3 Å². The summed E-state index contributed by atoms with van der Waals surface area (Å²) in [5.41, 5.74) is 1.50. The highest BCUT2D eigenvalue weighted by atomic mass is 79.9. The molecule has 1 aromatic carbocycles. The van der Waals surface area contributed by atoms with Gasteiger partial charge in [0.25, 0.3) is 5.91 Å².